The lowest BCUT2D eigenvalue weighted by atomic mass is 10.1. The van der Waals surface area contributed by atoms with Crippen LogP contribution in [0.2, 0.25) is 0 Å². The Kier molecular flexibility index (Phi) is 5.34. The van der Waals surface area contributed by atoms with Crippen LogP contribution in [0.3, 0.4) is 0 Å². The molecule has 0 amide bonds. The van der Waals surface area contributed by atoms with Gasteiger partial charge >= 0.3 is 11.7 Å². The second-order valence-corrected chi connectivity index (χ2v) is 5.83. The minimum absolute atomic E-state index is 0.0721. The van der Waals surface area contributed by atoms with Gasteiger partial charge in [0.15, 0.2) is 0 Å². The quantitative estimate of drug-likeness (QED) is 0.585. The number of carbonyl (C=O) groups is 1. The molecule has 0 spiro atoms. The Labute approximate surface area is 133 Å². The zero-order valence-corrected chi connectivity index (χ0v) is 13.1. The van der Waals surface area contributed by atoms with Crippen LogP contribution in [0.15, 0.2) is 17.1 Å². The average molecular weight is 326 g/mol. The number of anilines is 1. The van der Waals surface area contributed by atoms with Gasteiger partial charge in [0, 0.05) is 12.6 Å². The molecule has 128 valence electrons. The highest BCUT2D eigenvalue weighted by Gasteiger charge is 2.39. The van der Waals surface area contributed by atoms with Gasteiger partial charge in [0.25, 0.3) is 0 Å². The van der Waals surface area contributed by atoms with Crippen molar-refractivity contribution in [1.82, 2.24) is 9.55 Å². The molecule has 5 N–H and O–H groups in total. The molecule has 9 nitrogen and oxygen atoms in total. The predicted molar refractivity (Wildman–Crippen MR) is 81.2 cm³/mol. The fraction of sp³-hybridized carbons (Fsp3) is 0.643. The minimum Gasteiger partial charge on any atom is -0.458 e. The maximum Gasteiger partial charge on any atom is 0.351 e. The van der Waals surface area contributed by atoms with Gasteiger partial charge < -0.3 is 26.0 Å². The standard InChI is InChI=1S/C14H22N4O5/c1-7(2)12(16)13(20)23-8-5-11(22-9(8)6-19)18-4-3-10(15)17-14(18)21/h3-4,7-9,11-12,19H,5-6,16H2,1-2H3,(H2,15,17,21)/t8?,9-,11-,12?/m1/s1. The Balaban J connectivity index is 2.11. The molecular formula is C14H22N4O5. The molecule has 0 aliphatic carbocycles. The third-order valence-corrected chi connectivity index (χ3v) is 3.78. The van der Waals surface area contributed by atoms with E-state index in [1.54, 1.807) is 0 Å². The van der Waals surface area contributed by atoms with E-state index < -0.39 is 36.1 Å². The van der Waals surface area contributed by atoms with Crippen molar-refractivity contribution in [1.29, 1.82) is 0 Å². The monoisotopic (exact) mass is 326 g/mol. The molecule has 0 radical (unpaired) electrons. The Hall–Kier alpha value is -1.97. The van der Waals surface area contributed by atoms with E-state index in [2.05, 4.69) is 4.98 Å². The van der Waals surface area contributed by atoms with E-state index >= 15 is 0 Å². The second-order valence-electron chi connectivity index (χ2n) is 5.83. The number of aliphatic hydroxyl groups excluding tert-OH is 1. The van der Waals surface area contributed by atoms with Crippen molar-refractivity contribution in [2.75, 3.05) is 12.3 Å². The van der Waals surface area contributed by atoms with E-state index in [1.807, 2.05) is 13.8 Å². The highest BCUT2D eigenvalue weighted by Crippen LogP contribution is 2.30. The third-order valence-electron chi connectivity index (χ3n) is 3.78. The van der Waals surface area contributed by atoms with E-state index in [1.165, 1.54) is 16.8 Å². The van der Waals surface area contributed by atoms with Gasteiger partial charge in [-0.15, -0.1) is 0 Å². The molecule has 1 saturated heterocycles. The molecule has 1 aliphatic heterocycles. The number of aromatic nitrogens is 2. The number of nitrogens with zero attached hydrogens (tertiary/aromatic N) is 2. The highest BCUT2D eigenvalue weighted by molar-refractivity contribution is 5.76. The SMILES string of the molecule is CC(C)C(N)C(=O)OC1C[C@H](n2ccc(N)nc2=O)O[C@@H]1CO. The first-order valence-electron chi connectivity index (χ1n) is 7.40. The number of esters is 1. The Morgan fingerprint density at radius 1 is 1.61 bits per heavy atom. The minimum atomic E-state index is -0.755. The van der Waals surface area contributed by atoms with Crippen molar-refractivity contribution in [2.45, 2.75) is 44.7 Å². The Morgan fingerprint density at radius 3 is 2.87 bits per heavy atom. The fourth-order valence-electron chi connectivity index (χ4n) is 2.30. The number of aliphatic hydroxyl groups is 1. The van der Waals surface area contributed by atoms with E-state index in [-0.39, 0.29) is 24.8 Å². The molecule has 0 bridgehead atoms. The summed E-state index contributed by atoms with van der Waals surface area (Å²) in [5.74, 6) is -0.526. The van der Waals surface area contributed by atoms with Gasteiger partial charge in [-0.2, -0.15) is 4.98 Å². The second kappa shape index (κ2) is 7.07. The summed E-state index contributed by atoms with van der Waals surface area (Å²) in [6, 6.07) is 0.710. The van der Waals surface area contributed by atoms with Crippen molar-refractivity contribution in [2.24, 2.45) is 11.7 Å². The van der Waals surface area contributed by atoms with E-state index in [0.29, 0.717) is 0 Å². The molecule has 1 aromatic heterocycles. The summed E-state index contributed by atoms with van der Waals surface area (Å²) in [5.41, 5.74) is 10.6. The van der Waals surface area contributed by atoms with Crippen LogP contribution < -0.4 is 17.2 Å². The smallest absolute Gasteiger partial charge is 0.351 e. The molecule has 9 heteroatoms. The van der Waals surface area contributed by atoms with E-state index in [9.17, 15) is 14.7 Å². The van der Waals surface area contributed by atoms with Crippen LogP contribution in [0.25, 0.3) is 0 Å². The van der Waals surface area contributed by atoms with Gasteiger partial charge in [-0.3, -0.25) is 9.36 Å². The summed E-state index contributed by atoms with van der Waals surface area (Å²) >= 11 is 0. The number of carbonyl (C=O) groups excluding carboxylic acids is 1. The fourth-order valence-corrected chi connectivity index (χ4v) is 2.30. The van der Waals surface area contributed by atoms with Crippen molar-refractivity contribution in [3.8, 4) is 0 Å². The van der Waals surface area contributed by atoms with Gasteiger partial charge in [-0.25, -0.2) is 4.79 Å². The van der Waals surface area contributed by atoms with Crippen molar-refractivity contribution in [3.63, 3.8) is 0 Å². The number of hydrogen-bond acceptors (Lipinski definition) is 8. The summed E-state index contributed by atoms with van der Waals surface area (Å²) in [7, 11) is 0. The predicted octanol–water partition coefficient (Wildman–Crippen LogP) is -1.000. The van der Waals surface area contributed by atoms with Crippen LogP contribution in [0, 0.1) is 5.92 Å². The van der Waals surface area contributed by atoms with Crippen LogP contribution in [-0.2, 0) is 14.3 Å². The molecular weight excluding hydrogens is 304 g/mol. The van der Waals surface area contributed by atoms with Crippen LogP contribution in [0.4, 0.5) is 5.82 Å². The molecule has 2 unspecified atom stereocenters. The van der Waals surface area contributed by atoms with Crippen molar-refractivity contribution < 1.29 is 19.4 Å². The lowest BCUT2D eigenvalue weighted by Crippen LogP contribution is -2.41. The first-order valence-corrected chi connectivity index (χ1v) is 7.40. The summed E-state index contributed by atoms with van der Waals surface area (Å²) in [4.78, 5) is 27.4. The summed E-state index contributed by atoms with van der Waals surface area (Å²) < 4.78 is 12.2. The zero-order valence-electron chi connectivity index (χ0n) is 13.1. The molecule has 1 aliphatic rings. The van der Waals surface area contributed by atoms with Crippen molar-refractivity contribution >= 4 is 11.8 Å². The number of hydrogen-bond donors (Lipinski definition) is 3. The first-order chi connectivity index (χ1) is 10.8. The van der Waals surface area contributed by atoms with Crippen LogP contribution in [0.5, 0.6) is 0 Å². The Morgan fingerprint density at radius 2 is 2.30 bits per heavy atom. The largest absolute Gasteiger partial charge is 0.458 e. The van der Waals surface area contributed by atoms with Gasteiger partial charge in [0.1, 0.15) is 30.3 Å². The number of ether oxygens (including phenoxy) is 2. The van der Waals surface area contributed by atoms with Gasteiger partial charge in [-0.05, 0) is 12.0 Å². The molecule has 4 atom stereocenters. The van der Waals surface area contributed by atoms with Gasteiger partial charge in [0.2, 0.25) is 0 Å². The average Bonchev–Trinajstić information content (AvgIpc) is 2.88. The molecule has 0 aromatic carbocycles. The molecule has 2 rings (SSSR count). The Bertz CT molecular complexity index is 617. The van der Waals surface area contributed by atoms with Crippen LogP contribution >= 0.6 is 0 Å². The van der Waals surface area contributed by atoms with E-state index in [4.69, 9.17) is 20.9 Å². The topological polar surface area (TPSA) is 143 Å². The van der Waals surface area contributed by atoms with Crippen LogP contribution in [-0.4, -0.2) is 45.5 Å². The van der Waals surface area contributed by atoms with Crippen molar-refractivity contribution in [3.05, 3.63) is 22.7 Å². The number of rotatable bonds is 5. The first kappa shape index (κ1) is 17.4. The van der Waals surface area contributed by atoms with Crippen LogP contribution in [0.1, 0.15) is 26.5 Å². The number of nitrogen functional groups attached to an aromatic ring is 1. The molecule has 1 fully saturated rings. The zero-order chi connectivity index (χ0) is 17.1. The molecule has 23 heavy (non-hydrogen) atoms. The third kappa shape index (κ3) is 3.87. The maximum atomic E-state index is 12.0. The maximum absolute atomic E-state index is 12.0. The summed E-state index contributed by atoms with van der Waals surface area (Å²) in [6.45, 7) is 3.27. The lowest BCUT2D eigenvalue weighted by Gasteiger charge is -2.20. The summed E-state index contributed by atoms with van der Waals surface area (Å²) in [5, 5.41) is 9.40. The molecule has 2 heterocycles. The van der Waals surface area contributed by atoms with Gasteiger partial charge in [-0.1, -0.05) is 13.8 Å². The van der Waals surface area contributed by atoms with Gasteiger partial charge in [0.05, 0.1) is 6.61 Å². The summed E-state index contributed by atoms with van der Waals surface area (Å²) in [6.07, 6.45) is -0.443. The van der Waals surface area contributed by atoms with E-state index in [0.717, 1.165) is 0 Å². The number of nitrogens with two attached hydrogens (primary N) is 2. The molecule has 1 aromatic rings. The molecule has 0 saturated carbocycles. The normalized spacial score (nSPS) is 25.5. The highest BCUT2D eigenvalue weighted by atomic mass is 16.6. The lowest BCUT2D eigenvalue weighted by molar-refractivity contribution is -0.155.